The molecule has 0 saturated heterocycles. The van der Waals surface area contributed by atoms with Gasteiger partial charge in [0.25, 0.3) is 0 Å². The van der Waals surface area contributed by atoms with Gasteiger partial charge in [-0.3, -0.25) is 0 Å². The van der Waals surface area contributed by atoms with Crippen molar-refractivity contribution < 1.29 is 0 Å². The lowest BCUT2D eigenvalue weighted by molar-refractivity contribution is 1.19. The van der Waals surface area contributed by atoms with E-state index in [0.717, 1.165) is 5.02 Å². The number of aromatic nitrogens is 1. The quantitative estimate of drug-likeness (QED) is 0.274. The molecule has 2 heteroatoms. The van der Waals surface area contributed by atoms with Gasteiger partial charge in [-0.25, -0.2) is 0 Å². The predicted molar refractivity (Wildman–Crippen MR) is 129 cm³/mol. The minimum atomic E-state index is 0.756. The largest absolute Gasteiger partial charge is 0.309 e. The molecule has 0 aliphatic carbocycles. The summed E-state index contributed by atoms with van der Waals surface area (Å²) >= 11 is 6.10. The van der Waals surface area contributed by atoms with E-state index in [1.165, 1.54) is 49.4 Å². The summed E-state index contributed by atoms with van der Waals surface area (Å²) in [6, 6.07) is 38.5. The van der Waals surface area contributed by atoms with Crippen LogP contribution < -0.4 is 0 Å². The highest BCUT2D eigenvalue weighted by atomic mass is 35.5. The van der Waals surface area contributed by atoms with Crippen molar-refractivity contribution in [2.75, 3.05) is 0 Å². The van der Waals surface area contributed by atoms with Gasteiger partial charge < -0.3 is 4.57 Å². The van der Waals surface area contributed by atoms with E-state index in [2.05, 4.69) is 102 Å². The van der Waals surface area contributed by atoms with Crippen LogP contribution in [0.2, 0.25) is 5.02 Å². The Balaban J connectivity index is 1.75. The summed E-state index contributed by atoms with van der Waals surface area (Å²) in [6.45, 7) is 0. The Morgan fingerprint density at radius 3 is 2.10 bits per heavy atom. The van der Waals surface area contributed by atoms with E-state index in [1.807, 2.05) is 12.1 Å². The molecule has 0 bridgehead atoms. The van der Waals surface area contributed by atoms with Crippen LogP contribution in [0.4, 0.5) is 0 Å². The number of hydrogen-bond donors (Lipinski definition) is 0. The molecule has 6 aromatic rings. The topological polar surface area (TPSA) is 4.93 Å². The first-order chi connectivity index (χ1) is 14.8. The lowest BCUT2D eigenvalue weighted by Crippen LogP contribution is -1.93. The van der Waals surface area contributed by atoms with Crippen molar-refractivity contribution in [1.82, 2.24) is 4.57 Å². The SMILES string of the molecule is Clc1ccc(-c2ccc3c(c2)c2ccc4ccccc4c2n3-c2ccccc2)cc1. The Morgan fingerprint density at radius 1 is 0.533 bits per heavy atom. The molecule has 1 nitrogen and oxygen atoms in total. The highest BCUT2D eigenvalue weighted by Gasteiger charge is 2.15. The third-order valence-corrected chi connectivity index (χ3v) is 6.10. The number of benzene rings is 5. The third kappa shape index (κ3) is 2.63. The van der Waals surface area contributed by atoms with Crippen LogP contribution in [0.25, 0.3) is 49.4 Å². The summed E-state index contributed by atoms with van der Waals surface area (Å²) in [7, 11) is 0. The molecular formula is C28H18ClN. The molecular weight excluding hydrogens is 386 g/mol. The zero-order valence-corrected chi connectivity index (χ0v) is 17.0. The fraction of sp³-hybridized carbons (Fsp3) is 0. The molecule has 1 aromatic heterocycles. The number of para-hydroxylation sites is 1. The minimum Gasteiger partial charge on any atom is -0.309 e. The number of halogens is 1. The molecule has 0 fully saturated rings. The number of rotatable bonds is 2. The van der Waals surface area contributed by atoms with Crippen LogP contribution in [0, 0.1) is 0 Å². The van der Waals surface area contributed by atoms with E-state index in [-0.39, 0.29) is 0 Å². The van der Waals surface area contributed by atoms with Gasteiger partial charge in [-0.2, -0.15) is 0 Å². The number of fused-ring (bicyclic) bond motifs is 5. The van der Waals surface area contributed by atoms with Crippen molar-refractivity contribution in [3.05, 3.63) is 114 Å². The maximum absolute atomic E-state index is 6.10. The van der Waals surface area contributed by atoms with E-state index >= 15 is 0 Å². The summed E-state index contributed by atoms with van der Waals surface area (Å²) in [5, 5.41) is 5.80. The molecule has 0 saturated carbocycles. The summed E-state index contributed by atoms with van der Waals surface area (Å²) in [4.78, 5) is 0. The minimum absolute atomic E-state index is 0.756. The van der Waals surface area contributed by atoms with E-state index in [4.69, 9.17) is 11.6 Å². The highest BCUT2D eigenvalue weighted by molar-refractivity contribution is 6.30. The van der Waals surface area contributed by atoms with E-state index < -0.39 is 0 Å². The zero-order valence-electron chi connectivity index (χ0n) is 16.2. The maximum Gasteiger partial charge on any atom is 0.0619 e. The second-order valence-corrected chi connectivity index (χ2v) is 8.03. The molecule has 1 heterocycles. The van der Waals surface area contributed by atoms with Gasteiger partial charge >= 0.3 is 0 Å². The van der Waals surface area contributed by atoms with Gasteiger partial charge in [-0.05, 0) is 52.9 Å². The van der Waals surface area contributed by atoms with Crippen molar-refractivity contribution >= 4 is 44.2 Å². The van der Waals surface area contributed by atoms with Gasteiger partial charge in [0.05, 0.1) is 11.0 Å². The van der Waals surface area contributed by atoms with Gasteiger partial charge in [0.1, 0.15) is 0 Å². The lowest BCUT2D eigenvalue weighted by atomic mass is 10.0. The number of hydrogen-bond acceptors (Lipinski definition) is 0. The van der Waals surface area contributed by atoms with Crippen LogP contribution in [-0.4, -0.2) is 4.57 Å². The van der Waals surface area contributed by atoms with E-state index in [0.29, 0.717) is 0 Å². The van der Waals surface area contributed by atoms with Crippen molar-refractivity contribution in [2.45, 2.75) is 0 Å². The molecule has 0 aliphatic heterocycles. The lowest BCUT2D eigenvalue weighted by Gasteiger charge is -2.10. The van der Waals surface area contributed by atoms with Gasteiger partial charge in [-0.1, -0.05) is 84.4 Å². The van der Waals surface area contributed by atoms with Gasteiger partial charge in [0.15, 0.2) is 0 Å². The fourth-order valence-electron chi connectivity index (χ4n) is 4.45. The average molecular weight is 404 g/mol. The Morgan fingerprint density at radius 2 is 1.27 bits per heavy atom. The monoisotopic (exact) mass is 403 g/mol. The number of nitrogens with zero attached hydrogens (tertiary/aromatic N) is 1. The van der Waals surface area contributed by atoms with Crippen LogP contribution in [-0.2, 0) is 0 Å². The molecule has 0 radical (unpaired) electrons. The second kappa shape index (κ2) is 6.76. The van der Waals surface area contributed by atoms with Crippen molar-refractivity contribution in [3.63, 3.8) is 0 Å². The first kappa shape index (κ1) is 17.3. The smallest absolute Gasteiger partial charge is 0.0619 e. The first-order valence-corrected chi connectivity index (χ1v) is 10.4. The summed E-state index contributed by atoms with van der Waals surface area (Å²) < 4.78 is 2.39. The van der Waals surface area contributed by atoms with Crippen LogP contribution >= 0.6 is 11.6 Å². The highest BCUT2D eigenvalue weighted by Crippen LogP contribution is 2.38. The van der Waals surface area contributed by atoms with E-state index in [9.17, 15) is 0 Å². The predicted octanol–water partition coefficient (Wildman–Crippen LogP) is 8.26. The molecule has 6 rings (SSSR count). The van der Waals surface area contributed by atoms with Crippen molar-refractivity contribution in [1.29, 1.82) is 0 Å². The molecule has 0 unspecified atom stereocenters. The Kier molecular flexibility index (Phi) is 3.90. The normalized spacial score (nSPS) is 11.5. The first-order valence-electron chi connectivity index (χ1n) is 10.1. The molecule has 5 aromatic carbocycles. The molecule has 0 aliphatic rings. The van der Waals surface area contributed by atoms with Crippen LogP contribution in [0.5, 0.6) is 0 Å². The van der Waals surface area contributed by atoms with Gasteiger partial charge in [0.2, 0.25) is 0 Å². The average Bonchev–Trinajstić information content (AvgIpc) is 3.14. The second-order valence-electron chi connectivity index (χ2n) is 7.59. The zero-order chi connectivity index (χ0) is 20.1. The molecule has 30 heavy (non-hydrogen) atoms. The molecule has 0 atom stereocenters. The Hall–Kier alpha value is -3.55. The summed E-state index contributed by atoms with van der Waals surface area (Å²) in [6.07, 6.45) is 0. The Labute approximate surface area is 179 Å². The maximum atomic E-state index is 6.10. The Bertz CT molecular complexity index is 1530. The summed E-state index contributed by atoms with van der Waals surface area (Å²) in [5.74, 6) is 0. The van der Waals surface area contributed by atoms with Crippen molar-refractivity contribution in [2.24, 2.45) is 0 Å². The third-order valence-electron chi connectivity index (χ3n) is 5.84. The van der Waals surface area contributed by atoms with Crippen LogP contribution in [0.3, 0.4) is 0 Å². The molecule has 0 amide bonds. The van der Waals surface area contributed by atoms with Gasteiger partial charge in [0, 0.05) is 26.9 Å². The standard InChI is InChI=1S/C28H18ClN/c29-22-14-10-19(11-15-22)21-13-17-27-26(18-21)25-16-12-20-6-4-5-9-24(20)28(25)30(27)23-7-2-1-3-8-23/h1-18H. The molecule has 0 N–H and O–H groups in total. The fourth-order valence-corrected chi connectivity index (χ4v) is 4.57. The van der Waals surface area contributed by atoms with Crippen LogP contribution in [0.15, 0.2) is 109 Å². The summed E-state index contributed by atoms with van der Waals surface area (Å²) in [5.41, 5.74) is 6.00. The van der Waals surface area contributed by atoms with Gasteiger partial charge in [-0.15, -0.1) is 0 Å². The van der Waals surface area contributed by atoms with Crippen molar-refractivity contribution in [3.8, 4) is 16.8 Å². The molecule has 142 valence electrons. The van der Waals surface area contributed by atoms with Crippen LogP contribution in [0.1, 0.15) is 0 Å². The van der Waals surface area contributed by atoms with E-state index in [1.54, 1.807) is 0 Å². The molecule has 0 spiro atoms.